The fourth-order valence-electron chi connectivity index (χ4n) is 2.54. The van der Waals surface area contributed by atoms with E-state index < -0.39 is 0 Å². The molecule has 1 aliphatic heterocycles. The quantitative estimate of drug-likeness (QED) is 0.473. The molecule has 0 fully saturated rings. The van der Waals surface area contributed by atoms with Gasteiger partial charge in [-0.2, -0.15) is 0 Å². The Kier molecular flexibility index (Phi) is 6.59. The van der Waals surface area contributed by atoms with E-state index in [4.69, 9.17) is 14.2 Å². The number of rotatable bonds is 6. The Hall–Kier alpha value is -2.89. The molecular formula is C20H25N3O3. The van der Waals surface area contributed by atoms with Crippen molar-refractivity contribution < 1.29 is 14.2 Å². The molecule has 6 heteroatoms. The molecule has 0 spiro atoms. The highest BCUT2D eigenvalue weighted by Crippen LogP contribution is 2.32. The fourth-order valence-corrected chi connectivity index (χ4v) is 2.54. The first kappa shape index (κ1) is 17.9. The van der Waals surface area contributed by atoms with Crippen LogP contribution in [0.3, 0.4) is 0 Å². The van der Waals surface area contributed by atoms with Crippen LogP contribution in [0.4, 0.5) is 5.69 Å². The second-order valence-electron chi connectivity index (χ2n) is 5.85. The normalized spacial score (nSPS) is 13.7. The highest BCUT2D eigenvalue weighted by Gasteiger charge is 2.11. The number of para-hydroxylation sites is 1. The van der Waals surface area contributed by atoms with Crippen LogP contribution >= 0.6 is 0 Å². The number of guanidine groups is 1. The number of hydrogen-bond donors (Lipinski definition) is 2. The van der Waals surface area contributed by atoms with Crippen molar-refractivity contribution in [2.75, 3.05) is 38.7 Å². The van der Waals surface area contributed by atoms with E-state index >= 15 is 0 Å². The summed E-state index contributed by atoms with van der Waals surface area (Å²) in [6.45, 7) is 2.77. The molecule has 0 atom stereocenters. The van der Waals surface area contributed by atoms with E-state index in [0.29, 0.717) is 25.8 Å². The lowest BCUT2D eigenvalue weighted by Crippen LogP contribution is -2.32. The number of nitrogens with zero attached hydrogens (tertiary/aromatic N) is 1. The molecule has 1 heterocycles. The molecule has 138 valence electrons. The molecule has 0 unspecified atom stereocenters. The lowest BCUT2D eigenvalue weighted by molar-refractivity contribution is 0.297. The maximum atomic E-state index is 5.72. The number of benzene rings is 2. The van der Waals surface area contributed by atoms with Crippen LogP contribution in [-0.2, 0) is 0 Å². The van der Waals surface area contributed by atoms with Gasteiger partial charge < -0.3 is 24.8 Å². The van der Waals surface area contributed by atoms with Crippen LogP contribution in [0.25, 0.3) is 0 Å². The summed E-state index contributed by atoms with van der Waals surface area (Å²) >= 11 is 0. The first-order valence-corrected chi connectivity index (χ1v) is 8.90. The van der Waals surface area contributed by atoms with Crippen LogP contribution in [0.15, 0.2) is 53.5 Å². The van der Waals surface area contributed by atoms with E-state index in [2.05, 4.69) is 15.6 Å². The zero-order chi connectivity index (χ0) is 18.0. The van der Waals surface area contributed by atoms with Gasteiger partial charge in [-0.1, -0.05) is 18.2 Å². The van der Waals surface area contributed by atoms with Crippen LogP contribution in [0.2, 0.25) is 0 Å². The molecule has 6 nitrogen and oxygen atoms in total. The molecule has 2 aromatic carbocycles. The lowest BCUT2D eigenvalue weighted by atomic mass is 10.3. The minimum atomic E-state index is 0.651. The molecule has 0 saturated heterocycles. The SMILES string of the molecule is CN=C(NCCCOc1ccccc1)Nc1ccc2c(c1)OCCCO2. The highest BCUT2D eigenvalue weighted by molar-refractivity contribution is 5.93. The summed E-state index contributed by atoms with van der Waals surface area (Å²) in [7, 11) is 1.75. The predicted octanol–water partition coefficient (Wildman–Crippen LogP) is 3.30. The Morgan fingerprint density at radius 1 is 1.08 bits per heavy atom. The second-order valence-corrected chi connectivity index (χ2v) is 5.85. The Morgan fingerprint density at radius 3 is 2.69 bits per heavy atom. The molecule has 0 radical (unpaired) electrons. The van der Waals surface area contributed by atoms with Gasteiger partial charge in [-0.3, -0.25) is 4.99 Å². The number of fused-ring (bicyclic) bond motifs is 1. The Balaban J connectivity index is 1.44. The summed E-state index contributed by atoms with van der Waals surface area (Å²) in [6.07, 6.45) is 1.77. The van der Waals surface area contributed by atoms with Crippen molar-refractivity contribution >= 4 is 11.6 Å². The number of nitrogens with one attached hydrogen (secondary N) is 2. The van der Waals surface area contributed by atoms with Crippen LogP contribution < -0.4 is 24.8 Å². The smallest absolute Gasteiger partial charge is 0.195 e. The zero-order valence-electron chi connectivity index (χ0n) is 15.0. The van der Waals surface area contributed by atoms with Crippen LogP contribution in [0.5, 0.6) is 17.2 Å². The van der Waals surface area contributed by atoms with Crippen LogP contribution in [-0.4, -0.2) is 39.4 Å². The summed E-state index contributed by atoms with van der Waals surface area (Å²) in [4.78, 5) is 4.25. The molecule has 3 rings (SSSR count). The van der Waals surface area contributed by atoms with Crippen molar-refractivity contribution in [3.63, 3.8) is 0 Å². The number of ether oxygens (including phenoxy) is 3. The molecule has 0 bridgehead atoms. The van der Waals surface area contributed by atoms with E-state index in [1.54, 1.807) is 7.05 Å². The van der Waals surface area contributed by atoms with E-state index in [9.17, 15) is 0 Å². The largest absolute Gasteiger partial charge is 0.494 e. The molecule has 0 aromatic heterocycles. The van der Waals surface area contributed by atoms with Crippen LogP contribution in [0, 0.1) is 0 Å². The molecule has 2 aromatic rings. The third-order valence-corrected chi connectivity index (χ3v) is 3.86. The van der Waals surface area contributed by atoms with Gasteiger partial charge in [-0.25, -0.2) is 0 Å². The standard InChI is InChI=1S/C20H25N3O3/c1-21-20(22-11-5-12-24-17-7-3-2-4-8-17)23-16-9-10-18-19(15-16)26-14-6-13-25-18/h2-4,7-10,15H,5-6,11-14H2,1H3,(H2,21,22,23). The summed E-state index contributed by atoms with van der Waals surface area (Å²) in [6, 6.07) is 15.6. The molecule has 26 heavy (non-hydrogen) atoms. The van der Waals surface area contributed by atoms with Gasteiger partial charge in [-0.15, -0.1) is 0 Å². The summed E-state index contributed by atoms with van der Waals surface area (Å²) in [5.74, 6) is 3.15. The molecular weight excluding hydrogens is 330 g/mol. The van der Waals surface area contributed by atoms with Gasteiger partial charge in [-0.05, 0) is 30.7 Å². The Labute approximate surface area is 154 Å². The first-order valence-electron chi connectivity index (χ1n) is 8.90. The zero-order valence-corrected chi connectivity index (χ0v) is 15.0. The monoisotopic (exact) mass is 355 g/mol. The van der Waals surface area contributed by atoms with Gasteiger partial charge in [0, 0.05) is 31.8 Å². The van der Waals surface area contributed by atoms with Gasteiger partial charge >= 0.3 is 0 Å². The number of anilines is 1. The highest BCUT2D eigenvalue weighted by atomic mass is 16.5. The first-order chi connectivity index (χ1) is 12.8. The maximum absolute atomic E-state index is 5.72. The second kappa shape index (κ2) is 9.56. The van der Waals surface area contributed by atoms with Crippen molar-refractivity contribution in [2.24, 2.45) is 4.99 Å². The predicted molar refractivity (Wildman–Crippen MR) is 104 cm³/mol. The molecule has 0 aliphatic carbocycles. The van der Waals surface area contributed by atoms with Gasteiger partial charge in [0.2, 0.25) is 0 Å². The summed E-state index contributed by atoms with van der Waals surface area (Å²) in [5.41, 5.74) is 0.905. The molecule has 2 N–H and O–H groups in total. The average molecular weight is 355 g/mol. The molecule has 1 aliphatic rings. The minimum Gasteiger partial charge on any atom is -0.494 e. The summed E-state index contributed by atoms with van der Waals surface area (Å²) < 4.78 is 17.1. The summed E-state index contributed by atoms with van der Waals surface area (Å²) in [5, 5.41) is 6.55. The van der Waals surface area contributed by atoms with Gasteiger partial charge in [0.25, 0.3) is 0 Å². The topological polar surface area (TPSA) is 64.1 Å². The Morgan fingerprint density at radius 2 is 1.88 bits per heavy atom. The van der Waals surface area contributed by atoms with E-state index in [0.717, 1.165) is 42.3 Å². The minimum absolute atomic E-state index is 0.651. The van der Waals surface area contributed by atoms with Gasteiger partial charge in [0.15, 0.2) is 17.5 Å². The number of hydrogen-bond acceptors (Lipinski definition) is 4. The van der Waals surface area contributed by atoms with Gasteiger partial charge in [0.1, 0.15) is 5.75 Å². The van der Waals surface area contributed by atoms with Crippen molar-refractivity contribution in [3.05, 3.63) is 48.5 Å². The van der Waals surface area contributed by atoms with Crippen molar-refractivity contribution in [3.8, 4) is 17.2 Å². The Bertz CT molecular complexity index is 719. The third kappa shape index (κ3) is 5.31. The fraction of sp³-hybridized carbons (Fsp3) is 0.350. The van der Waals surface area contributed by atoms with Crippen molar-refractivity contribution in [1.82, 2.24) is 5.32 Å². The van der Waals surface area contributed by atoms with E-state index in [-0.39, 0.29) is 0 Å². The third-order valence-electron chi connectivity index (χ3n) is 3.86. The number of aliphatic imine (C=N–C) groups is 1. The van der Waals surface area contributed by atoms with Gasteiger partial charge in [0.05, 0.1) is 19.8 Å². The van der Waals surface area contributed by atoms with E-state index in [1.165, 1.54) is 0 Å². The maximum Gasteiger partial charge on any atom is 0.195 e. The van der Waals surface area contributed by atoms with Crippen molar-refractivity contribution in [1.29, 1.82) is 0 Å². The molecule has 0 saturated carbocycles. The molecule has 0 amide bonds. The van der Waals surface area contributed by atoms with E-state index in [1.807, 2.05) is 48.5 Å². The van der Waals surface area contributed by atoms with Crippen molar-refractivity contribution in [2.45, 2.75) is 12.8 Å². The van der Waals surface area contributed by atoms with Crippen LogP contribution in [0.1, 0.15) is 12.8 Å². The lowest BCUT2D eigenvalue weighted by Gasteiger charge is -2.14. The average Bonchev–Trinajstić information content (AvgIpc) is 2.92.